The molecule has 0 aliphatic rings. The fourth-order valence-corrected chi connectivity index (χ4v) is 2.75. The molecule has 0 aliphatic heterocycles. The summed E-state index contributed by atoms with van der Waals surface area (Å²) in [5.74, 6) is -1.54. The highest BCUT2D eigenvalue weighted by Gasteiger charge is 2.12. The fourth-order valence-electron chi connectivity index (χ4n) is 2.75. The third-order valence-corrected chi connectivity index (χ3v) is 4.08. The van der Waals surface area contributed by atoms with Crippen LogP contribution < -0.4 is 5.32 Å². The third kappa shape index (κ3) is 4.17. The van der Waals surface area contributed by atoms with Crippen molar-refractivity contribution in [2.45, 2.75) is 6.92 Å². The van der Waals surface area contributed by atoms with Crippen LogP contribution in [-0.4, -0.2) is 21.6 Å². The van der Waals surface area contributed by atoms with Gasteiger partial charge in [-0.3, -0.25) is 4.79 Å². The standard InChI is InChI=1S/C22H17N3O3/c1-15-5-2-7-18(11-15)24-21(26)17(14-23)13-20-9-4-10-25(20)19-8-3-6-16(12-19)22(27)28/h2-13H,1H3,(H,24,26)(H,27,28). The summed E-state index contributed by atoms with van der Waals surface area (Å²) in [6, 6.07) is 19.1. The van der Waals surface area contributed by atoms with Crippen LogP contribution in [0.2, 0.25) is 0 Å². The minimum Gasteiger partial charge on any atom is -0.478 e. The highest BCUT2D eigenvalue weighted by Crippen LogP contribution is 2.18. The van der Waals surface area contributed by atoms with Gasteiger partial charge in [0.2, 0.25) is 0 Å². The molecule has 1 amide bonds. The highest BCUT2D eigenvalue weighted by molar-refractivity contribution is 6.09. The Kier molecular flexibility index (Phi) is 5.38. The van der Waals surface area contributed by atoms with Crippen LogP contribution in [0, 0.1) is 18.3 Å². The van der Waals surface area contributed by atoms with Crippen molar-refractivity contribution in [3.8, 4) is 11.8 Å². The van der Waals surface area contributed by atoms with Gasteiger partial charge >= 0.3 is 5.97 Å². The van der Waals surface area contributed by atoms with E-state index in [9.17, 15) is 20.0 Å². The predicted octanol–water partition coefficient (Wildman–Crippen LogP) is 4.03. The van der Waals surface area contributed by atoms with Crippen molar-refractivity contribution >= 4 is 23.6 Å². The highest BCUT2D eigenvalue weighted by atomic mass is 16.4. The number of nitriles is 1. The quantitative estimate of drug-likeness (QED) is 0.523. The first-order valence-electron chi connectivity index (χ1n) is 8.49. The van der Waals surface area contributed by atoms with Gasteiger partial charge in [0, 0.05) is 23.3 Å². The van der Waals surface area contributed by atoms with Crippen LogP contribution in [0.5, 0.6) is 0 Å². The van der Waals surface area contributed by atoms with Gasteiger partial charge in [0.25, 0.3) is 5.91 Å². The lowest BCUT2D eigenvalue weighted by Crippen LogP contribution is -2.13. The number of nitrogens with zero attached hydrogens (tertiary/aromatic N) is 2. The molecule has 2 aromatic carbocycles. The average molecular weight is 371 g/mol. The van der Waals surface area contributed by atoms with E-state index in [4.69, 9.17) is 0 Å². The minimum absolute atomic E-state index is 0.0594. The van der Waals surface area contributed by atoms with Crippen LogP contribution in [0.25, 0.3) is 11.8 Å². The maximum Gasteiger partial charge on any atom is 0.335 e. The number of hydrogen-bond donors (Lipinski definition) is 2. The number of benzene rings is 2. The molecule has 0 bridgehead atoms. The molecule has 3 aromatic rings. The average Bonchev–Trinajstić information content (AvgIpc) is 3.14. The molecule has 0 fully saturated rings. The van der Waals surface area contributed by atoms with Crippen molar-refractivity contribution < 1.29 is 14.7 Å². The summed E-state index contributed by atoms with van der Waals surface area (Å²) in [5, 5.41) is 21.3. The number of nitrogens with one attached hydrogen (secondary N) is 1. The van der Waals surface area contributed by atoms with Crippen LogP contribution in [-0.2, 0) is 4.79 Å². The summed E-state index contributed by atoms with van der Waals surface area (Å²) < 4.78 is 1.71. The van der Waals surface area contributed by atoms with Crippen LogP contribution >= 0.6 is 0 Å². The third-order valence-electron chi connectivity index (χ3n) is 4.08. The van der Waals surface area contributed by atoms with E-state index in [0.717, 1.165) is 5.56 Å². The molecule has 0 saturated carbocycles. The molecule has 6 nitrogen and oxygen atoms in total. The Hall–Kier alpha value is -4.11. The molecular formula is C22H17N3O3. The smallest absolute Gasteiger partial charge is 0.335 e. The number of amides is 1. The lowest BCUT2D eigenvalue weighted by atomic mass is 10.1. The number of aryl methyl sites for hydroxylation is 1. The lowest BCUT2D eigenvalue weighted by molar-refractivity contribution is -0.112. The Morgan fingerprint density at radius 3 is 2.61 bits per heavy atom. The Morgan fingerprint density at radius 2 is 1.89 bits per heavy atom. The number of rotatable bonds is 5. The SMILES string of the molecule is Cc1cccc(NC(=O)C(C#N)=Cc2cccn2-c2cccc(C(=O)O)c2)c1. The summed E-state index contributed by atoms with van der Waals surface area (Å²) in [6.07, 6.45) is 3.21. The molecule has 3 rings (SSSR count). The van der Waals surface area contributed by atoms with Gasteiger partial charge in [0.05, 0.1) is 5.56 Å². The maximum absolute atomic E-state index is 12.5. The maximum atomic E-state index is 12.5. The fraction of sp³-hybridized carbons (Fsp3) is 0.0455. The zero-order chi connectivity index (χ0) is 20.1. The summed E-state index contributed by atoms with van der Waals surface area (Å²) >= 11 is 0. The Morgan fingerprint density at radius 1 is 1.11 bits per heavy atom. The number of carbonyl (C=O) groups excluding carboxylic acids is 1. The second kappa shape index (κ2) is 8.06. The number of hydrogen-bond acceptors (Lipinski definition) is 3. The molecule has 0 saturated heterocycles. The predicted molar refractivity (Wildman–Crippen MR) is 106 cm³/mol. The monoisotopic (exact) mass is 371 g/mol. The number of aromatic carboxylic acids is 1. The van der Waals surface area contributed by atoms with Gasteiger partial charge in [-0.2, -0.15) is 5.26 Å². The van der Waals surface area contributed by atoms with Gasteiger partial charge in [-0.1, -0.05) is 18.2 Å². The summed E-state index contributed by atoms with van der Waals surface area (Å²) in [6.45, 7) is 1.91. The molecule has 6 heteroatoms. The van der Waals surface area contributed by atoms with E-state index in [-0.39, 0.29) is 11.1 Å². The Balaban J connectivity index is 1.91. The van der Waals surface area contributed by atoms with Crippen molar-refractivity contribution in [3.05, 3.63) is 89.3 Å². The van der Waals surface area contributed by atoms with Gasteiger partial charge in [0.1, 0.15) is 11.6 Å². The topological polar surface area (TPSA) is 95.1 Å². The van der Waals surface area contributed by atoms with Crippen molar-refractivity contribution in [2.24, 2.45) is 0 Å². The second-order valence-electron chi connectivity index (χ2n) is 6.15. The number of anilines is 1. The van der Waals surface area contributed by atoms with Crippen LogP contribution in [0.15, 0.2) is 72.4 Å². The molecule has 2 N–H and O–H groups in total. The van der Waals surface area contributed by atoms with E-state index in [1.165, 1.54) is 18.2 Å². The van der Waals surface area contributed by atoms with E-state index >= 15 is 0 Å². The zero-order valence-electron chi connectivity index (χ0n) is 15.1. The zero-order valence-corrected chi connectivity index (χ0v) is 15.1. The molecule has 138 valence electrons. The Labute approximate surface area is 162 Å². The molecular weight excluding hydrogens is 354 g/mol. The van der Waals surface area contributed by atoms with Crippen LogP contribution in [0.3, 0.4) is 0 Å². The molecule has 0 spiro atoms. The Bertz CT molecular complexity index is 1120. The number of aromatic nitrogens is 1. The van der Waals surface area contributed by atoms with Crippen LogP contribution in [0.4, 0.5) is 5.69 Å². The number of carboxylic acid groups (broad SMARTS) is 1. The van der Waals surface area contributed by atoms with Gasteiger partial charge in [-0.05, 0) is 61.0 Å². The van der Waals surface area contributed by atoms with Crippen molar-refractivity contribution in [1.29, 1.82) is 5.26 Å². The molecule has 0 unspecified atom stereocenters. The van der Waals surface area contributed by atoms with Gasteiger partial charge in [-0.15, -0.1) is 0 Å². The molecule has 0 aliphatic carbocycles. The van der Waals surface area contributed by atoms with E-state index in [2.05, 4.69) is 5.32 Å². The summed E-state index contributed by atoms with van der Waals surface area (Å²) in [5.41, 5.74) is 2.89. The molecule has 28 heavy (non-hydrogen) atoms. The largest absolute Gasteiger partial charge is 0.478 e. The normalized spacial score (nSPS) is 10.9. The lowest BCUT2D eigenvalue weighted by Gasteiger charge is -2.09. The van der Waals surface area contributed by atoms with E-state index in [0.29, 0.717) is 17.1 Å². The second-order valence-corrected chi connectivity index (χ2v) is 6.15. The first-order chi connectivity index (χ1) is 13.5. The summed E-state index contributed by atoms with van der Waals surface area (Å²) in [7, 11) is 0. The van der Waals surface area contributed by atoms with Gasteiger partial charge in [0.15, 0.2) is 0 Å². The van der Waals surface area contributed by atoms with Crippen LogP contribution in [0.1, 0.15) is 21.6 Å². The van der Waals surface area contributed by atoms with Crippen molar-refractivity contribution in [3.63, 3.8) is 0 Å². The first-order valence-corrected chi connectivity index (χ1v) is 8.49. The molecule has 1 aromatic heterocycles. The molecule has 1 heterocycles. The number of carbonyl (C=O) groups is 2. The van der Waals surface area contributed by atoms with E-state index in [1.807, 2.05) is 31.2 Å². The van der Waals surface area contributed by atoms with Crippen molar-refractivity contribution in [2.75, 3.05) is 5.32 Å². The minimum atomic E-state index is -1.03. The molecule has 0 radical (unpaired) electrons. The number of carboxylic acids is 1. The van der Waals surface area contributed by atoms with E-state index < -0.39 is 11.9 Å². The summed E-state index contributed by atoms with van der Waals surface area (Å²) in [4.78, 5) is 23.7. The van der Waals surface area contributed by atoms with Gasteiger partial charge < -0.3 is 15.0 Å². The van der Waals surface area contributed by atoms with Crippen molar-refractivity contribution in [1.82, 2.24) is 4.57 Å². The van der Waals surface area contributed by atoms with Gasteiger partial charge in [-0.25, -0.2) is 4.79 Å². The van der Waals surface area contributed by atoms with E-state index in [1.54, 1.807) is 41.1 Å². The molecule has 0 atom stereocenters. The first kappa shape index (κ1) is 18.7.